The summed E-state index contributed by atoms with van der Waals surface area (Å²) in [5.74, 6) is -1.49. The second-order valence-electron chi connectivity index (χ2n) is 5.13. The summed E-state index contributed by atoms with van der Waals surface area (Å²) in [6.07, 6.45) is 4.70. The number of carbonyl (C=O) groups is 3. The normalized spacial score (nSPS) is 13.9. The predicted molar refractivity (Wildman–Crippen MR) is 81.2 cm³/mol. The van der Waals surface area contributed by atoms with Crippen molar-refractivity contribution in [2.75, 3.05) is 13.6 Å². The number of amides is 2. The van der Waals surface area contributed by atoms with Gasteiger partial charge in [0.1, 0.15) is 6.54 Å². The van der Waals surface area contributed by atoms with Crippen LogP contribution < -0.4 is 5.32 Å². The zero-order valence-electron chi connectivity index (χ0n) is 12.3. The number of carboxylic acids is 1. The summed E-state index contributed by atoms with van der Waals surface area (Å²) in [6.45, 7) is -0.274. The highest BCUT2D eigenvalue weighted by molar-refractivity contribution is 5.95. The molecule has 2 N–H and O–H groups in total. The lowest BCUT2D eigenvalue weighted by molar-refractivity contribution is -0.143. The lowest BCUT2D eigenvalue weighted by Crippen LogP contribution is -2.36. The molecule has 0 bridgehead atoms. The van der Waals surface area contributed by atoms with Gasteiger partial charge in [0.05, 0.1) is 0 Å². The van der Waals surface area contributed by atoms with E-state index < -0.39 is 5.97 Å². The van der Waals surface area contributed by atoms with Crippen LogP contribution in [-0.4, -0.2) is 47.4 Å². The summed E-state index contributed by atoms with van der Waals surface area (Å²) < 4.78 is 0. The molecule has 1 saturated carbocycles. The number of carbonyl (C=O) groups excluding carboxylic acids is 2. The summed E-state index contributed by atoms with van der Waals surface area (Å²) in [5, 5.41) is 11.4. The Morgan fingerprint density at radius 3 is 2.41 bits per heavy atom. The van der Waals surface area contributed by atoms with Crippen molar-refractivity contribution in [3.05, 3.63) is 41.5 Å². The first-order valence-corrected chi connectivity index (χ1v) is 7.04. The average Bonchev–Trinajstić information content (AvgIpc) is 3.34. The van der Waals surface area contributed by atoms with Crippen LogP contribution in [0.1, 0.15) is 28.8 Å². The Labute approximate surface area is 128 Å². The Morgan fingerprint density at radius 1 is 1.27 bits per heavy atom. The van der Waals surface area contributed by atoms with Crippen molar-refractivity contribution < 1.29 is 19.5 Å². The van der Waals surface area contributed by atoms with Crippen LogP contribution >= 0.6 is 0 Å². The first-order valence-electron chi connectivity index (χ1n) is 7.04. The van der Waals surface area contributed by atoms with Crippen molar-refractivity contribution in [2.45, 2.75) is 18.9 Å². The third-order valence-corrected chi connectivity index (χ3v) is 3.39. The fourth-order valence-corrected chi connectivity index (χ4v) is 2.07. The number of nitrogens with one attached hydrogen (secondary N) is 1. The largest absolute Gasteiger partial charge is 0.480 e. The quantitative estimate of drug-likeness (QED) is 0.771. The van der Waals surface area contributed by atoms with Gasteiger partial charge in [-0.3, -0.25) is 14.4 Å². The second kappa shape index (κ2) is 6.89. The molecule has 22 heavy (non-hydrogen) atoms. The Balaban J connectivity index is 2.02. The van der Waals surface area contributed by atoms with Crippen molar-refractivity contribution in [3.63, 3.8) is 0 Å². The van der Waals surface area contributed by atoms with Crippen molar-refractivity contribution in [1.29, 1.82) is 0 Å². The molecule has 0 radical (unpaired) electrons. The van der Waals surface area contributed by atoms with Gasteiger partial charge in [-0.1, -0.05) is 12.1 Å². The number of aliphatic carboxylic acids is 1. The number of hydrogen-bond acceptors (Lipinski definition) is 3. The van der Waals surface area contributed by atoms with Crippen LogP contribution in [0, 0.1) is 0 Å². The van der Waals surface area contributed by atoms with E-state index in [0.29, 0.717) is 5.56 Å². The Hall–Kier alpha value is -2.63. The molecule has 0 saturated heterocycles. The van der Waals surface area contributed by atoms with E-state index in [-0.39, 0.29) is 24.4 Å². The van der Waals surface area contributed by atoms with E-state index >= 15 is 0 Å². The molecule has 1 aromatic rings. The van der Waals surface area contributed by atoms with Crippen LogP contribution in [0.5, 0.6) is 0 Å². The van der Waals surface area contributed by atoms with Gasteiger partial charge in [0.25, 0.3) is 5.91 Å². The molecule has 0 aromatic heterocycles. The zero-order chi connectivity index (χ0) is 16.1. The van der Waals surface area contributed by atoms with Crippen LogP contribution in [0.3, 0.4) is 0 Å². The lowest BCUT2D eigenvalue weighted by Gasteiger charge is -2.17. The summed E-state index contributed by atoms with van der Waals surface area (Å²) in [4.78, 5) is 35.7. The maximum atomic E-state index is 12.1. The second-order valence-corrected chi connectivity index (χ2v) is 5.13. The molecular formula is C16H18N2O4. The zero-order valence-corrected chi connectivity index (χ0v) is 12.3. The van der Waals surface area contributed by atoms with Crippen LogP contribution in [-0.2, 0) is 9.59 Å². The number of benzene rings is 1. The maximum Gasteiger partial charge on any atom is 0.323 e. The highest BCUT2D eigenvalue weighted by Gasteiger charge is 2.32. The smallest absolute Gasteiger partial charge is 0.323 e. The van der Waals surface area contributed by atoms with Gasteiger partial charge in [0.2, 0.25) is 5.91 Å². The molecule has 1 aliphatic rings. The van der Waals surface area contributed by atoms with Crippen molar-refractivity contribution in [3.8, 4) is 0 Å². The minimum atomic E-state index is -1.01. The van der Waals surface area contributed by atoms with E-state index in [2.05, 4.69) is 5.32 Å². The third-order valence-electron chi connectivity index (χ3n) is 3.39. The molecule has 1 aromatic carbocycles. The van der Waals surface area contributed by atoms with E-state index in [9.17, 15) is 14.4 Å². The number of nitrogens with zero attached hydrogens (tertiary/aromatic N) is 1. The number of carboxylic acid groups (broad SMARTS) is 1. The van der Waals surface area contributed by atoms with Gasteiger partial charge < -0.3 is 15.3 Å². The molecule has 0 aliphatic heterocycles. The monoisotopic (exact) mass is 302 g/mol. The Morgan fingerprint density at radius 2 is 1.91 bits per heavy atom. The lowest BCUT2D eigenvalue weighted by atomic mass is 10.1. The van der Waals surface area contributed by atoms with Crippen molar-refractivity contribution >= 4 is 23.9 Å². The molecule has 116 valence electrons. The maximum absolute atomic E-state index is 12.1. The van der Waals surface area contributed by atoms with Gasteiger partial charge in [-0.2, -0.15) is 0 Å². The first kappa shape index (κ1) is 15.8. The standard InChI is InChI=1S/C16H18N2O4/c1-17-16(22)12-5-2-11(3-6-12)4-9-14(19)18(10-15(20)21)13-7-8-13/h2-6,9,13H,7-8,10H2,1H3,(H,17,22)(H,20,21)/b9-4+. The Kier molecular flexibility index (Phi) is 4.93. The van der Waals surface area contributed by atoms with Gasteiger partial charge in [-0.15, -0.1) is 0 Å². The molecule has 0 unspecified atom stereocenters. The van der Waals surface area contributed by atoms with Gasteiger partial charge in [-0.05, 0) is 36.6 Å². The number of rotatable bonds is 6. The van der Waals surface area contributed by atoms with E-state index in [1.165, 1.54) is 11.0 Å². The molecule has 0 atom stereocenters. The molecular weight excluding hydrogens is 284 g/mol. The molecule has 0 spiro atoms. The Bertz CT molecular complexity index is 603. The van der Waals surface area contributed by atoms with Crippen LogP contribution in [0.15, 0.2) is 30.3 Å². The van der Waals surface area contributed by atoms with Gasteiger partial charge in [-0.25, -0.2) is 0 Å². The SMILES string of the molecule is CNC(=O)c1ccc(/C=C/C(=O)N(CC(=O)O)C2CC2)cc1. The number of hydrogen-bond donors (Lipinski definition) is 2. The van der Waals surface area contributed by atoms with E-state index in [1.807, 2.05) is 0 Å². The predicted octanol–water partition coefficient (Wildman–Crippen LogP) is 1.13. The van der Waals surface area contributed by atoms with Crippen LogP contribution in [0.4, 0.5) is 0 Å². The van der Waals surface area contributed by atoms with Crippen LogP contribution in [0.2, 0.25) is 0 Å². The van der Waals surface area contributed by atoms with E-state index in [4.69, 9.17) is 5.11 Å². The molecule has 2 rings (SSSR count). The molecule has 6 nitrogen and oxygen atoms in total. The minimum Gasteiger partial charge on any atom is -0.480 e. The molecule has 0 heterocycles. The summed E-state index contributed by atoms with van der Waals surface area (Å²) in [6, 6.07) is 6.83. The first-order chi connectivity index (χ1) is 10.5. The van der Waals surface area contributed by atoms with Crippen molar-refractivity contribution in [2.24, 2.45) is 0 Å². The molecule has 1 fully saturated rings. The highest BCUT2D eigenvalue weighted by Crippen LogP contribution is 2.26. The van der Waals surface area contributed by atoms with Gasteiger partial charge in [0, 0.05) is 24.7 Å². The van der Waals surface area contributed by atoms with Gasteiger partial charge >= 0.3 is 5.97 Å². The highest BCUT2D eigenvalue weighted by atomic mass is 16.4. The fourth-order valence-electron chi connectivity index (χ4n) is 2.07. The average molecular weight is 302 g/mol. The molecule has 6 heteroatoms. The summed E-state index contributed by atoms with van der Waals surface area (Å²) in [5.41, 5.74) is 1.31. The summed E-state index contributed by atoms with van der Waals surface area (Å²) in [7, 11) is 1.56. The van der Waals surface area contributed by atoms with Crippen LogP contribution in [0.25, 0.3) is 6.08 Å². The fraction of sp³-hybridized carbons (Fsp3) is 0.312. The van der Waals surface area contributed by atoms with E-state index in [0.717, 1.165) is 18.4 Å². The van der Waals surface area contributed by atoms with Gasteiger partial charge in [0.15, 0.2) is 0 Å². The topological polar surface area (TPSA) is 86.7 Å². The molecule has 1 aliphatic carbocycles. The summed E-state index contributed by atoms with van der Waals surface area (Å²) >= 11 is 0. The van der Waals surface area contributed by atoms with Crippen molar-refractivity contribution in [1.82, 2.24) is 10.2 Å². The third kappa shape index (κ3) is 4.18. The molecule has 2 amide bonds. The minimum absolute atomic E-state index is 0.0453. The van der Waals surface area contributed by atoms with E-state index in [1.54, 1.807) is 37.4 Å².